The lowest BCUT2D eigenvalue weighted by Gasteiger charge is -2.39. The first-order chi connectivity index (χ1) is 9.24. The van der Waals surface area contributed by atoms with Crippen LogP contribution in [0.15, 0.2) is 24.3 Å². The third-order valence-electron chi connectivity index (χ3n) is 3.65. The first-order valence-corrected chi connectivity index (χ1v) is 6.68. The van der Waals surface area contributed by atoms with Crippen molar-refractivity contribution in [3.05, 3.63) is 30.1 Å². The molecule has 1 heterocycles. The van der Waals surface area contributed by atoms with Gasteiger partial charge in [-0.15, -0.1) is 0 Å². The highest BCUT2D eigenvalue weighted by Gasteiger charge is 2.22. The van der Waals surface area contributed by atoms with Gasteiger partial charge in [-0.05, 0) is 24.3 Å². The Balaban J connectivity index is 1.89. The number of halogens is 1. The number of nitrogens with two attached hydrogens (primary N) is 1. The zero-order valence-corrected chi connectivity index (χ0v) is 11.4. The Morgan fingerprint density at radius 2 is 1.84 bits per heavy atom. The standard InChI is InChI=1S/C14H22FN3O/c1-19-11-14(10-16)18-8-6-17(7-9-18)13-4-2-12(15)3-5-13/h2-5,14H,6-11,16H2,1H3. The summed E-state index contributed by atoms with van der Waals surface area (Å²) in [6.07, 6.45) is 0. The normalized spacial score (nSPS) is 18.6. The summed E-state index contributed by atoms with van der Waals surface area (Å²) < 4.78 is 18.1. The molecule has 0 radical (unpaired) electrons. The third-order valence-corrected chi connectivity index (χ3v) is 3.65. The van der Waals surface area contributed by atoms with E-state index >= 15 is 0 Å². The Labute approximate surface area is 113 Å². The van der Waals surface area contributed by atoms with E-state index in [2.05, 4.69) is 9.80 Å². The summed E-state index contributed by atoms with van der Waals surface area (Å²) in [4.78, 5) is 4.64. The van der Waals surface area contributed by atoms with Crippen molar-refractivity contribution in [2.24, 2.45) is 5.73 Å². The molecule has 1 saturated heterocycles. The van der Waals surface area contributed by atoms with Crippen LogP contribution in [0.4, 0.5) is 10.1 Å². The molecule has 1 aromatic carbocycles. The molecule has 0 aromatic heterocycles. The van der Waals surface area contributed by atoms with Crippen LogP contribution in [0.25, 0.3) is 0 Å². The molecule has 0 bridgehead atoms. The second-order valence-electron chi connectivity index (χ2n) is 4.84. The van der Waals surface area contributed by atoms with E-state index in [0.29, 0.717) is 19.2 Å². The van der Waals surface area contributed by atoms with Crippen LogP contribution >= 0.6 is 0 Å². The van der Waals surface area contributed by atoms with Crippen molar-refractivity contribution in [3.63, 3.8) is 0 Å². The average Bonchev–Trinajstić information content (AvgIpc) is 2.46. The monoisotopic (exact) mass is 267 g/mol. The number of hydrogen-bond donors (Lipinski definition) is 1. The van der Waals surface area contributed by atoms with E-state index in [9.17, 15) is 4.39 Å². The summed E-state index contributed by atoms with van der Waals surface area (Å²) >= 11 is 0. The molecular formula is C14H22FN3O. The second kappa shape index (κ2) is 6.84. The van der Waals surface area contributed by atoms with Gasteiger partial charge in [0.05, 0.1) is 6.61 Å². The fraction of sp³-hybridized carbons (Fsp3) is 0.571. The highest BCUT2D eigenvalue weighted by molar-refractivity contribution is 5.46. The predicted octanol–water partition coefficient (Wildman–Crippen LogP) is 0.921. The van der Waals surface area contributed by atoms with Crippen LogP contribution in [0.2, 0.25) is 0 Å². The van der Waals surface area contributed by atoms with Crippen molar-refractivity contribution in [1.82, 2.24) is 4.90 Å². The zero-order chi connectivity index (χ0) is 13.7. The molecule has 2 N–H and O–H groups in total. The third kappa shape index (κ3) is 3.65. The van der Waals surface area contributed by atoms with E-state index in [-0.39, 0.29) is 5.82 Å². The minimum absolute atomic E-state index is 0.189. The van der Waals surface area contributed by atoms with Gasteiger partial charge in [0.25, 0.3) is 0 Å². The van der Waals surface area contributed by atoms with Gasteiger partial charge in [0.2, 0.25) is 0 Å². The molecular weight excluding hydrogens is 245 g/mol. The number of anilines is 1. The van der Waals surface area contributed by atoms with E-state index in [1.54, 1.807) is 7.11 Å². The van der Waals surface area contributed by atoms with Gasteiger partial charge in [-0.1, -0.05) is 0 Å². The molecule has 106 valence electrons. The van der Waals surface area contributed by atoms with E-state index in [1.807, 2.05) is 12.1 Å². The van der Waals surface area contributed by atoms with Gasteiger partial charge in [0.1, 0.15) is 5.82 Å². The van der Waals surface area contributed by atoms with Crippen LogP contribution in [0.1, 0.15) is 0 Å². The van der Waals surface area contributed by atoms with Gasteiger partial charge in [0, 0.05) is 51.6 Å². The molecule has 0 amide bonds. The molecule has 1 aliphatic heterocycles. The molecule has 4 nitrogen and oxygen atoms in total. The zero-order valence-electron chi connectivity index (χ0n) is 11.4. The largest absolute Gasteiger partial charge is 0.383 e. The second-order valence-corrected chi connectivity index (χ2v) is 4.84. The molecule has 5 heteroatoms. The Kier molecular flexibility index (Phi) is 5.13. The molecule has 1 atom stereocenters. The molecule has 2 rings (SSSR count). The van der Waals surface area contributed by atoms with Crippen molar-refractivity contribution in [2.75, 3.05) is 51.3 Å². The number of nitrogens with zero attached hydrogens (tertiary/aromatic N) is 2. The van der Waals surface area contributed by atoms with Crippen LogP contribution in [-0.4, -0.2) is 57.4 Å². The maximum Gasteiger partial charge on any atom is 0.123 e. The van der Waals surface area contributed by atoms with Crippen molar-refractivity contribution in [2.45, 2.75) is 6.04 Å². The topological polar surface area (TPSA) is 41.7 Å². The lowest BCUT2D eigenvalue weighted by Crippen LogP contribution is -2.53. The van der Waals surface area contributed by atoms with E-state index in [0.717, 1.165) is 31.9 Å². The van der Waals surface area contributed by atoms with E-state index in [4.69, 9.17) is 10.5 Å². The Morgan fingerprint density at radius 1 is 1.21 bits per heavy atom. The maximum absolute atomic E-state index is 12.9. The maximum atomic E-state index is 12.9. The minimum atomic E-state index is -0.189. The average molecular weight is 267 g/mol. The SMILES string of the molecule is COCC(CN)N1CCN(c2ccc(F)cc2)CC1. The van der Waals surface area contributed by atoms with Crippen LogP contribution in [0.5, 0.6) is 0 Å². The number of ether oxygens (including phenoxy) is 1. The quantitative estimate of drug-likeness (QED) is 0.861. The summed E-state index contributed by atoms with van der Waals surface area (Å²) in [5.41, 5.74) is 6.86. The highest BCUT2D eigenvalue weighted by Crippen LogP contribution is 2.17. The smallest absolute Gasteiger partial charge is 0.123 e. The number of benzene rings is 1. The van der Waals surface area contributed by atoms with Crippen molar-refractivity contribution in [1.29, 1.82) is 0 Å². The van der Waals surface area contributed by atoms with Crippen molar-refractivity contribution in [3.8, 4) is 0 Å². The van der Waals surface area contributed by atoms with Gasteiger partial charge in [-0.2, -0.15) is 0 Å². The van der Waals surface area contributed by atoms with Crippen LogP contribution in [0.3, 0.4) is 0 Å². The number of hydrogen-bond acceptors (Lipinski definition) is 4. The fourth-order valence-electron chi connectivity index (χ4n) is 2.51. The Bertz CT molecular complexity index is 377. The predicted molar refractivity (Wildman–Crippen MR) is 74.9 cm³/mol. The van der Waals surface area contributed by atoms with Crippen molar-refractivity contribution >= 4 is 5.69 Å². The molecule has 0 saturated carbocycles. The number of piperazine rings is 1. The lowest BCUT2D eigenvalue weighted by molar-refractivity contribution is 0.0900. The molecule has 1 aliphatic rings. The molecule has 0 spiro atoms. The Morgan fingerprint density at radius 3 is 2.37 bits per heavy atom. The van der Waals surface area contributed by atoms with Gasteiger partial charge in [-0.25, -0.2) is 4.39 Å². The number of rotatable bonds is 5. The summed E-state index contributed by atoms with van der Waals surface area (Å²) in [7, 11) is 1.71. The molecule has 1 fully saturated rings. The van der Waals surface area contributed by atoms with Crippen molar-refractivity contribution < 1.29 is 9.13 Å². The number of methoxy groups -OCH3 is 1. The van der Waals surface area contributed by atoms with Gasteiger partial charge in [-0.3, -0.25) is 4.90 Å². The fourth-order valence-corrected chi connectivity index (χ4v) is 2.51. The Hall–Kier alpha value is -1.17. The molecule has 0 aliphatic carbocycles. The van der Waals surface area contributed by atoms with E-state index < -0.39 is 0 Å². The summed E-state index contributed by atoms with van der Waals surface area (Å²) in [6.45, 7) is 5.08. The molecule has 19 heavy (non-hydrogen) atoms. The first kappa shape index (κ1) is 14.2. The first-order valence-electron chi connectivity index (χ1n) is 6.68. The van der Waals surface area contributed by atoms with Gasteiger partial charge < -0.3 is 15.4 Å². The molecule has 1 unspecified atom stereocenters. The lowest BCUT2D eigenvalue weighted by atomic mass is 10.2. The highest BCUT2D eigenvalue weighted by atomic mass is 19.1. The van der Waals surface area contributed by atoms with E-state index in [1.165, 1.54) is 12.1 Å². The summed E-state index contributed by atoms with van der Waals surface area (Å²) in [5, 5.41) is 0. The van der Waals surface area contributed by atoms with Crippen LogP contribution < -0.4 is 10.6 Å². The van der Waals surface area contributed by atoms with Gasteiger partial charge in [0.15, 0.2) is 0 Å². The molecule has 1 aromatic rings. The van der Waals surface area contributed by atoms with Gasteiger partial charge >= 0.3 is 0 Å². The summed E-state index contributed by atoms with van der Waals surface area (Å²) in [6, 6.07) is 6.98. The van der Waals surface area contributed by atoms with Crippen LogP contribution in [0, 0.1) is 5.82 Å². The summed E-state index contributed by atoms with van der Waals surface area (Å²) in [5.74, 6) is -0.189. The minimum Gasteiger partial charge on any atom is -0.383 e. The van der Waals surface area contributed by atoms with Crippen LogP contribution in [-0.2, 0) is 4.74 Å².